The highest BCUT2D eigenvalue weighted by Crippen LogP contribution is 2.44. The molecule has 0 saturated heterocycles. The molecule has 2 aromatic rings. The van der Waals surface area contributed by atoms with Gasteiger partial charge in [-0.25, -0.2) is 8.42 Å². The first-order valence-corrected chi connectivity index (χ1v) is 22.9. The largest absolute Gasteiger partial charge is 0.218 e. The van der Waals surface area contributed by atoms with Crippen LogP contribution in [0.1, 0.15) is 219 Å². The molecule has 0 spiro atoms. The summed E-state index contributed by atoms with van der Waals surface area (Å²) >= 11 is 0. The van der Waals surface area contributed by atoms with Crippen LogP contribution in [-0.4, -0.2) is 8.42 Å². The van der Waals surface area contributed by atoms with Crippen molar-refractivity contribution < 1.29 is 8.42 Å². The van der Waals surface area contributed by atoms with Gasteiger partial charge >= 0.3 is 0 Å². The normalized spacial score (nSPS) is 13.1. The number of sulfone groups is 1. The topological polar surface area (TPSA) is 34.1 Å². The van der Waals surface area contributed by atoms with E-state index < -0.39 is 9.84 Å². The molecular formula is C50H82O2S. The van der Waals surface area contributed by atoms with Crippen molar-refractivity contribution in [2.45, 2.75) is 230 Å². The van der Waals surface area contributed by atoms with Crippen molar-refractivity contribution in [1.29, 1.82) is 0 Å². The molecule has 0 atom stereocenters. The van der Waals surface area contributed by atoms with Crippen molar-refractivity contribution in [2.75, 3.05) is 0 Å². The molecule has 2 rings (SSSR count). The van der Waals surface area contributed by atoms with E-state index in [4.69, 9.17) is 0 Å². The summed E-state index contributed by atoms with van der Waals surface area (Å²) in [6.07, 6.45) is 25.2. The van der Waals surface area contributed by atoms with Crippen LogP contribution >= 0.6 is 0 Å². The predicted molar refractivity (Wildman–Crippen MR) is 235 cm³/mol. The minimum absolute atomic E-state index is 0.183. The van der Waals surface area contributed by atoms with Crippen LogP contribution in [0, 0.1) is 0 Å². The molecule has 0 aliphatic carbocycles. The van der Waals surface area contributed by atoms with Gasteiger partial charge in [-0.05, 0) is 119 Å². The highest BCUT2D eigenvalue weighted by Gasteiger charge is 2.37. The number of allylic oxidation sites excluding steroid dienone is 2. The van der Waals surface area contributed by atoms with E-state index in [-0.39, 0.29) is 21.7 Å². The Labute approximate surface area is 330 Å². The monoisotopic (exact) mass is 747 g/mol. The Morgan fingerprint density at radius 1 is 0.434 bits per heavy atom. The van der Waals surface area contributed by atoms with Crippen LogP contribution in [-0.2, 0) is 44.3 Å². The lowest BCUT2D eigenvalue weighted by Gasteiger charge is -2.33. The van der Waals surface area contributed by atoms with Gasteiger partial charge in [-0.3, -0.25) is 0 Å². The second kappa shape index (κ2) is 20.7. The molecule has 0 fully saturated rings. The molecule has 0 unspecified atom stereocenters. The molecule has 0 N–H and O–H groups in total. The minimum atomic E-state index is -3.89. The standard InChI is InChI=1S/C50H82O2S/c1-15-17-19-21-23-25-27-29-31-33-39-35-41(47(3,4)5)37-43(45(39)49(9,10)11)53(51,52)44-38-42(48(6,7)8)36-40(46(44)50(12,13)14)34-32-30-28-26-24-22-20-18-16-2/h15-16,35-38H,1-2,17-34H2,3-14H3. The van der Waals surface area contributed by atoms with E-state index in [2.05, 4.69) is 108 Å². The zero-order valence-corrected chi connectivity index (χ0v) is 37.6. The second-order valence-electron chi connectivity index (χ2n) is 20.1. The smallest absolute Gasteiger partial charge is 0.207 e. The maximum Gasteiger partial charge on any atom is 0.207 e. The lowest BCUT2D eigenvalue weighted by molar-refractivity contribution is 0.530. The van der Waals surface area contributed by atoms with E-state index in [1.165, 1.54) is 88.2 Å². The highest BCUT2D eigenvalue weighted by atomic mass is 32.2. The summed E-state index contributed by atoms with van der Waals surface area (Å²) in [6, 6.07) is 8.78. The Bertz CT molecular complexity index is 1430. The third-order valence-electron chi connectivity index (χ3n) is 10.9. The molecule has 2 nitrogen and oxygen atoms in total. The maximum absolute atomic E-state index is 15.7. The van der Waals surface area contributed by atoms with Crippen molar-refractivity contribution in [1.82, 2.24) is 0 Å². The van der Waals surface area contributed by atoms with Gasteiger partial charge in [-0.1, -0.05) is 172 Å². The number of benzene rings is 2. The van der Waals surface area contributed by atoms with Crippen LogP contribution in [0.2, 0.25) is 0 Å². The van der Waals surface area contributed by atoms with Gasteiger partial charge < -0.3 is 0 Å². The SMILES string of the molecule is C=CCCCCCCCCCc1cc(C(C)(C)C)cc(S(=O)(=O)c2cc(C(C)(C)C)cc(CCCCCCCCCC=C)c2C(C)(C)C)c1C(C)(C)C. The Balaban J connectivity index is 2.67. The molecule has 300 valence electrons. The fourth-order valence-electron chi connectivity index (χ4n) is 7.83. The van der Waals surface area contributed by atoms with Crippen molar-refractivity contribution in [2.24, 2.45) is 0 Å². The summed E-state index contributed by atoms with van der Waals surface area (Å²) in [7, 11) is -3.89. The molecule has 2 aromatic carbocycles. The minimum Gasteiger partial charge on any atom is -0.218 e. The Morgan fingerprint density at radius 2 is 0.717 bits per heavy atom. The van der Waals surface area contributed by atoms with Gasteiger partial charge in [0.1, 0.15) is 0 Å². The van der Waals surface area contributed by atoms with Crippen LogP contribution in [0.25, 0.3) is 0 Å². The molecule has 0 radical (unpaired) electrons. The van der Waals surface area contributed by atoms with Crippen LogP contribution in [0.3, 0.4) is 0 Å². The van der Waals surface area contributed by atoms with Crippen LogP contribution in [0.5, 0.6) is 0 Å². The summed E-state index contributed by atoms with van der Waals surface area (Å²) < 4.78 is 31.3. The zero-order chi connectivity index (χ0) is 40.1. The summed E-state index contributed by atoms with van der Waals surface area (Å²) in [6.45, 7) is 34.2. The lowest BCUT2D eigenvalue weighted by atomic mass is 9.78. The van der Waals surface area contributed by atoms with Crippen molar-refractivity contribution in [3.63, 3.8) is 0 Å². The molecule has 0 aromatic heterocycles. The molecular weight excluding hydrogens is 665 g/mol. The Hall–Kier alpha value is -2.13. The summed E-state index contributed by atoms with van der Waals surface area (Å²) in [4.78, 5) is 1.04. The van der Waals surface area contributed by atoms with Gasteiger partial charge in [0.2, 0.25) is 9.84 Å². The maximum atomic E-state index is 15.7. The molecule has 3 heteroatoms. The highest BCUT2D eigenvalue weighted by molar-refractivity contribution is 7.91. The predicted octanol–water partition coefficient (Wildman–Crippen LogP) is 15.4. The molecule has 0 amide bonds. The van der Waals surface area contributed by atoms with E-state index in [1.807, 2.05) is 24.3 Å². The quantitative estimate of drug-likeness (QED) is 0.0888. The van der Waals surface area contributed by atoms with Gasteiger partial charge in [0.15, 0.2) is 0 Å². The van der Waals surface area contributed by atoms with Crippen LogP contribution < -0.4 is 0 Å². The third-order valence-corrected chi connectivity index (χ3v) is 12.7. The first kappa shape index (κ1) is 47.0. The summed E-state index contributed by atoms with van der Waals surface area (Å²) in [5.74, 6) is 0. The van der Waals surface area contributed by atoms with Crippen LogP contribution in [0.4, 0.5) is 0 Å². The number of hydrogen-bond donors (Lipinski definition) is 0. The van der Waals surface area contributed by atoms with E-state index >= 15 is 8.42 Å². The van der Waals surface area contributed by atoms with Gasteiger partial charge in [0, 0.05) is 0 Å². The Kier molecular flexibility index (Phi) is 18.4. The van der Waals surface area contributed by atoms with E-state index in [1.54, 1.807) is 0 Å². The average molecular weight is 747 g/mol. The molecule has 0 heterocycles. The van der Waals surface area contributed by atoms with Crippen molar-refractivity contribution in [3.05, 3.63) is 83.0 Å². The Morgan fingerprint density at radius 3 is 0.981 bits per heavy atom. The van der Waals surface area contributed by atoms with E-state index in [0.29, 0.717) is 9.79 Å². The molecule has 0 aliphatic rings. The zero-order valence-electron chi connectivity index (χ0n) is 36.8. The second-order valence-corrected chi connectivity index (χ2v) is 22.0. The molecule has 0 bridgehead atoms. The number of aryl methyl sites for hydroxylation is 2. The number of hydrogen-bond acceptors (Lipinski definition) is 2. The summed E-state index contributed by atoms with van der Waals surface area (Å²) in [5.41, 5.74) is 5.61. The van der Waals surface area contributed by atoms with Gasteiger partial charge in [0.05, 0.1) is 9.79 Å². The molecule has 53 heavy (non-hydrogen) atoms. The van der Waals surface area contributed by atoms with Crippen molar-refractivity contribution in [3.8, 4) is 0 Å². The lowest BCUT2D eigenvalue weighted by Crippen LogP contribution is -2.26. The third kappa shape index (κ3) is 14.8. The fourth-order valence-corrected chi connectivity index (χ4v) is 10.0. The average Bonchev–Trinajstić information content (AvgIpc) is 3.04. The first-order valence-electron chi connectivity index (χ1n) is 21.4. The molecule has 0 aliphatic heterocycles. The first-order chi connectivity index (χ1) is 24.6. The number of unbranched alkanes of at least 4 members (excludes halogenated alkanes) is 14. The van der Waals surface area contributed by atoms with E-state index in [9.17, 15) is 0 Å². The molecule has 0 saturated carbocycles. The van der Waals surface area contributed by atoms with E-state index in [0.717, 1.165) is 60.8 Å². The van der Waals surface area contributed by atoms with Gasteiger partial charge in [0.25, 0.3) is 0 Å². The van der Waals surface area contributed by atoms with Crippen LogP contribution in [0.15, 0.2) is 59.4 Å². The van der Waals surface area contributed by atoms with Gasteiger partial charge in [-0.2, -0.15) is 0 Å². The van der Waals surface area contributed by atoms with Gasteiger partial charge in [-0.15, -0.1) is 13.2 Å². The number of rotatable bonds is 22. The summed E-state index contributed by atoms with van der Waals surface area (Å²) in [5, 5.41) is 0. The fraction of sp³-hybridized carbons (Fsp3) is 0.680. The van der Waals surface area contributed by atoms with Crippen molar-refractivity contribution >= 4 is 9.84 Å².